The van der Waals surface area contributed by atoms with Gasteiger partial charge in [-0.25, -0.2) is 0 Å². The molecule has 1 aliphatic carbocycles. The quantitative estimate of drug-likeness (QED) is 0.738. The van der Waals surface area contributed by atoms with E-state index in [0.29, 0.717) is 0 Å². The van der Waals surface area contributed by atoms with Crippen LogP contribution in [0.15, 0.2) is 30.3 Å². The van der Waals surface area contributed by atoms with Crippen LogP contribution in [0.25, 0.3) is 0 Å². The SMILES string of the molecule is CCC(CBr)(CBr)NC(=O)C1(c2ccccc2)CC1. The van der Waals surface area contributed by atoms with Crippen molar-refractivity contribution in [2.45, 2.75) is 37.1 Å². The molecule has 1 aliphatic rings. The van der Waals surface area contributed by atoms with Crippen LogP contribution >= 0.6 is 31.9 Å². The van der Waals surface area contributed by atoms with E-state index >= 15 is 0 Å². The third-order valence-corrected chi connectivity index (χ3v) is 6.22. The Bertz CT molecular complexity index is 430. The van der Waals surface area contributed by atoms with Gasteiger partial charge in [0.15, 0.2) is 0 Å². The summed E-state index contributed by atoms with van der Waals surface area (Å²) in [5.41, 5.74) is 0.662. The molecular weight excluding hydrogens is 370 g/mol. The van der Waals surface area contributed by atoms with Gasteiger partial charge in [-0.15, -0.1) is 0 Å². The normalized spacial score (nSPS) is 17.0. The third kappa shape index (κ3) is 2.89. The smallest absolute Gasteiger partial charge is 0.231 e. The van der Waals surface area contributed by atoms with E-state index in [4.69, 9.17) is 0 Å². The van der Waals surface area contributed by atoms with Gasteiger partial charge in [0.25, 0.3) is 0 Å². The van der Waals surface area contributed by atoms with Crippen molar-refractivity contribution in [3.8, 4) is 0 Å². The number of nitrogens with one attached hydrogen (secondary N) is 1. The van der Waals surface area contributed by atoms with Gasteiger partial charge in [0.05, 0.1) is 11.0 Å². The maximum absolute atomic E-state index is 12.7. The lowest BCUT2D eigenvalue weighted by atomic mass is 9.92. The van der Waals surface area contributed by atoms with E-state index in [-0.39, 0.29) is 16.9 Å². The van der Waals surface area contributed by atoms with E-state index < -0.39 is 0 Å². The van der Waals surface area contributed by atoms with Gasteiger partial charge < -0.3 is 5.32 Å². The van der Waals surface area contributed by atoms with E-state index in [2.05, 4.69) is 56.2 Å². The Hall–Kier alpha value is -0.350. The van der Waals surface area contributed by atoms with Crippen molar-refractivity contribution in [1.29, 1.82) is 0 Å². The molecule has 0 radical (unpaired) electrons. The first-order chi connectivity index (χ1) is 9.12. The largest absolute Gasteiger partial charge is 0.348 e. The average molecular weight is 389 g/mol. The van der Waals surface area contributed by atoms with E-state index in [1.807, 2.05) is 18.2 Å². The van der Waals surface area contributed by atoms with E-state index in [1.54, 1.807) is 0 Å². The van der Waals surface area contributed by atoms with E-state index in [0.717, 1.165) is 35.5 Å². The van der Waals surface area contributed by atoms with Gasteiger partial charge in [0.2, 0.25) is 5.91 Å². The second-order valence-corrected chi connectivity index (χ2v) is 6.42. The lowest BCUT2D eigenvalue weighted by molar-refractivity contribution is -0.125. The van der Waals surface area contributed by atoms with Gasteiger partial charge in [-0.3, -0.25) is 4.79 Å². The Labute approximate surface area is 131 Å². The van der Waals surface area contributed by atoms with Crippen LogP contribution in [0.5, 0.6) is 0 Å². The molecule has 0 aromatic heterocycles. The number of amides is 1. The number of rotatable bonds is 6. The number of carbonyl (C=O) groups excluding carboxylic acids is 1. The highest BCUT2D eigenvalue weighted by Crippen LogP contribution is 2.48. The van der Waals surface area contributed by atoms with Gasteiger partial charge in [0, 0.05) is 10.7 Å². The second kappa shape index (κ2) is 5.96. The fourth-order valence-corrected chi connectivity index (χ4v) is 4.27. The van der Waals surface area contributed by atoms with Crippen molar-refractivity contribution >= 4 is 37.8 Å². The zero-order valence-electron chi connectivity index (χ0n) is 11.1. The Kier molecular flexibility index (Phi) is 4.72. The molecule has 0 spiro atoms. The number of carbonyl (C=O) groups is 1. The monoisotopic (exact) mass is 387 g/mol. The predicted octanol–water partition coefficient (Wildman–Crippen LogP) is 3.77. The molecule has 1 fully saturated rings. The maximum atomic E-state index is 12.7. The van der Waals surface area contributed by atoms with Crippen molar-refractivity contribution < 1.29 is 4.79 Å². The van der Waals surface area contributed by atoms with Crippen LogP contribution in [0.4, 0.5) is 0 Å². The highest BCUT2D eigenvalue weighted by atomic mass is 79.9. The van der Waals surface area contributed by atoms with Crippen molar-refractivity contribution in [2.75, 3.05) is 10.7 Å². The molecule has 0 bridgehead atoms. The molecule has 1 N–H and O–H groups in total. The lowest BCUT2D eigenvalue weighted by Gasteiger charge is -2.32. The first kappa shape index (κ1) is 15.0. The van der Waals surface area contributed by atoms with E-state index in [9.17, 15) is 4.79 Å². The average Bonchev–Trinajstić information content (AvgIpc) is 3.27. The molecular formula is C15H19Br2NO. The van der Waals surface area contributed by atoms with Crippen LogP contribution in [0.2, 0.25) is 0 Å². The van der Waals surface area contributed by atoms with Gasteiger partial charge in [-0.05, 0) is 24.8 Å². The summed E-state index contributed by atoms with van der Waals surface area (Å²) in [6.45, 7) is 2.10. The summed E-state index contributed by atoms with van der Waals surface area (Å²) in [4.78, 5) is 12.7. The van der Waals surface area contributed by atoms with Crippen molar-refractivity contribution in [2.24, 2.45) is 0 Å². The summed E-state index contributed by atoms with van der Waals surface area (Å²) in [6, 6.07) is 10.1. The van der Waals surface area contributed by atoms with Crippen molar-refractivity contribution in [1.82, 2.24) is 5.32 Å². The van der Waals surface area contributed by atoms with Gasteiger partial charge in [-0.1, -0.05) is 69.1 Å². The van der Waals surface area contributed by atoms with Gasteiger partial charge >= 0.3 is 0 Å². The molecule has 104 valence electrons. The highest BCUT2D eigenvalue weighted by molar-refractivity contribution is 9.09. The first-order valence-electron chi connectivity index (χ1n) is 6.62. The first-order valence-corrected chi connectivity index (χ1v) is 8.87. The summed E-state index contributed by atoms with van der Waals surface area (Å²) >= 11 is 7.04. The minimum atomic E-state index is -0.286. The Morgan fingerprint density at radius 3 is 2.26 bits per heavy atom. The zero-order chi connectivity index (χ0) is 13.9. The molecule has 1 aromatic rings. The molecule has 0 atom stereocenters. The summed E-state index contributed by atoms with van der Waals surface area (Å²) in [7, 11) is 0. The second-order valence-electron chi connectivity index (χ2n) is 5.30. The zero-order valence-corrected chi connectivity index (χ0v) is 14.3. The molecule has 0 aliphatic heterocycles. The third-order valence-electron chi connectivity index (χ3n) is 4.08. The van der Waals surface area contributed by atoms with Crippen LogP contribution in [-0.2, 0) is 10.2 Å². The number of halogens is 2. The van der Waals surface area contributed by atoms with Gasteiger partial charge in [0.1, 0.15) is 0 Å². The molecule has 0 unspecified atom stereocenters. The molecule has 4 heteroatoms. The molecule has 0 saturated heterocycles. The minimum Gasteiger partial charge on any atom is -0.348 e. The molecule has 19 heavy (non-hydrogen) atoms. The molecule has 1 aromatic carbocycles. The number of hydrogen-bond donors (Lipinski definition) is 1. The standard InChI is InChI=1S/C15H19Br2NO/c1-2-14(10-16,11-17)18-13(19)15(8-9-15)12-6-4-3-5-7-12/h3-7H,2,8-11H2,1H3,(H,18,19). The van der Waals surface area contributed by atoms with Crippen molar-refractivity contribution in [3.63, 3.8) is 0 Å². The summed E-state index contributed by atoms with van der Waals surface area (Å²) in [5, 5.41) is 4.77. The lowest BCUT2D eigenvalue weighted by Crippen LogP contribution is -2.54. The number of hydrogen-bond acceptors (Lipinski definition) is 1. The molecule has 1 saturated carbocycles. The van der Waals surface area contributed by atoms with Crippen LogP contribution in [0.3, 0.4) is 0 Å². The predicted molar refractivity (Wildman–Crippen MR) is 86.1 cm³/mol. The fraction of sp³-hybridized carbons (Fsp3) is 0.533. The topological polar surface area (TPSA) is 29.1 Å². The van der Waals surface area contributed by atoms with Crippen LogP contribution in [-0.4, -0.2) is 22.1 Å². The van der Waals surface area contributed by atoms with E-state index in [1.165, 1.54) is 0 Å². The Morgan fingerprint density at radius 2 is 1.84 bits per heavy atom. The summed E-state index contributed by atoms with van der Waals surface area (Å²) in [6.07, 6.45) is 2.81. The minimum absolute atomic E-state index is 0.166. The molecule has 1 amide bonds. The molecule has 2 nitrogen and oxygen atoms in total. The van der Waals surface area contributed by atoms with Crippen LogP contribution < -0.4 is 5.32 Å². The summed E-state index contributed by atoms with van der Waals surface area (Å²) < 4.78 is 0. The Balaban J connectivity index is 2.17. The van der Waals surface area contributed by atoms with Crippen LogP contribution in [0, 0.1) is 0 Å². The molecule has 2 rings (SSSR count). The number of alkyl halides is 2. The highest BCUT2D eigenvalue weighted by Gasteiger charge is 2.52. The van der Waals surface area contributed by atoms with Gasteiger partial charge in [-0.2, -0.15) is 0 Å². The molecule has 0 heterocycles. The van der Waals surface area contributed by atoms with Crippen LogP contribution in [0.1, 0.15) is 31.7 Å². The Morgan fingerprint density at radius 1 is 1.26 bits per heavy atom. The summed E-state index contributed by atoms with van der Waals surface area (Å²) in [5.74, 6) is 0.166. The maximum Gasteiger partial charge on any atom is 0.231 e. The number of benzene rings is 1. The van der Waals surface area contributed by atoms with Crippen molar-refractivity contribution in [3.05, 3.63) is 35.9 Å². The fourth-order valence-electron chi connectivity index (χ4n) is 2.27.